The number of amides is 1. The Hall–Kier alpha value is -3.41. The van der Waals surface area contributed by atoms with Gasteiger partial charge in [-0.2, -0.15) is 0 Å². The molecule has 1 N–H and O–H groups in total. The predicted molar refractivity (Wildman–Crippen MR) is 98.4 cm³/mol. The average Bonchev–Trinajstić information content (AvgIpc) is 3.00. The number of fused-ring (bicyclic) bond motifs is 1. The van der Waals surface area contributed by atoms with Crippen LogP contribution in [0.25, 0.3) is 10.9 Å². The Morgan fingerprint density at radius 2 is 1.73 bits per heavy atom. The molecule has 26 heavy (non-hydrogen) atoms. The number of esters is 1. The summed E-state index contributed by atoms with van der Waals surface area (Å²) in [5.41, 5.74) is 2.38. The number of rotatable bonds is 5. The number of hydrogen-bond acceptors (Lipinski definition) is 4. The third kappa shape index (κ3) is 3.49. The number of para-hydroxylation sites is 1. The third-order valence-electron chi connectivity index (χ3n) is 4.08. The molecule has 0 atom stereocenters. The monoisotopic (exact) mass is 350 g/mol. The van der Waals surface area contributed by atoms with Gasteiger partial charge in [0.05, 0.1) is 12.7 Å². The summed E-state index contributed by atoms with van der Waals surface area (Å²) in [6.07, 6.45) is 1.62. The van der Waals surface area contributed by atoms with Crippen LogP contribution >= 0.6 is 0 Å². The van der Waals surface area contributed by atoms with Crippen molar-refractivity contribution < 1.29 is 19.1 Å². The lowest BCUT2D eigenvalue weighted by Crippen LogP contribution is -2.18. The first-order chi connectivity index (χ1) is 12.5. The van der Waals surface area contributed by atoms with Crippen molar-refractivity contribution in [2.24, 2.45) is 0 Å². The summed E-state index contributed by atoms with van der Waals surface area (Å²) in [7, 11) is 1.33. The number of nitrogens with one attached hydrogen (secondary N) is 1. The van der Waals surface area contributed by atoms with Crippen molar-refractivity contribution in [3.8, 4) is 0 Å². The molecule has 3 rings (SSSR count). The van der Waals surface area contributed by atoms with Gasteiger partial charge in [0.1, 0.15) is 6.54 Å². The van der Waals surface area contributed by atoms with E-state index in [2.05, 4.69) is 5.32 Å². The number of nitrogens with zero attached hydrogens (tertiary/aromatic N) is 1. The first-order valence-corrected chi connectivity index (χ1v) is 8.06. The zero-order valence-corrected chi connectivity index (χ0v) is 14.5. The number of ketones is 1. The average molecular weight is 350 g/mol. The van der Waals surface area contributed by atoms with Crippen molar-refractivity contribution in [2.75, 3.05) is 12.4 Å². The maximum atomic E-state index is 12.4. The Morgan fingerprint density at radius 3 is 2.38 bits per heavy atom. The smallest absolute Gasteiger partial charge is 0.340 e. The van der Waals surface area contributed by atoms with E-state index in [0.717, 1.165) is 10.9 Å². The second-order valence-electron chi connectivity index (χ2n) is 5.86. The molecule has 0 unspecified atom stereocenters. The van der Waals surface area contributed by atoms with Gasteiger partial charge in [-0.1, -0.05) is 18.2 Å². The Morgan fingerprint density at radius 1 is 1.04 bits per heavy atom. The molecule has 0 saturated heterocycles. The first-order valence-electron chi connectivity index (χ1n) is 8.06. The van der Waals surface area contributed by atoms with Crippen molar-refractivity contribution in [1.29, 1.82) is 0 Å². The summed E-state index contributed by atoms with van der Waals surface area (Å²) in [5, 5.41) is 3.52. The molecule has 3 aromatic rings. The maximum Gasteiger partial charge on any atom is 0.340 e. The van der Waals surface area contributed by atoms with Crippen molar-refractivity contribution >= 4 is 34.3 Å². The molecule has 0 aliphatic heterocycles. The van der Waals surface area contributed by atoms with Gasteiger partial charge in [0.2, 0.25) is 5.91 Å². The molecular weight excluding hydrogens is 332 g/mol. The third-order valence-corrected chi connectivity index (χ3v) is 4.08. The summed E-state index contributed by atoms with van der Waals surface area (Å²) in [5.74, 6) is -0.713. The lowest BCUT2D eigenvalue weighted by atomic mass is 10.1. The number of Topliss-reactive ketones (excluding diaryl/α,β-unsaturated/α-hetero) is 1. The van der Waals surface area contributed by atoms with Crippen molar-refractivity contribution in [3.05, 3.63) is 65.9 Å². The fourth-order valence-corrected chi connectivity index (χ4v) is 2.79. The molecule has 0 saturated carbocycles. The van der Waals surface area contributed by atoms with Crippen molar-refractivity contribution in [2.45, 2.75) is 13.5 Å². The minimum atomic E-state index is -0.444. The van der Waals surface area contributed by atoms with Gasteiger partial charge in [-0.15, -0.1) is 0 Å². The number of aromatic nitrogens is 1. The second kappa shape index (κ2) is 7.23. The summed E-state index contributed by atoms with van der Waals surface area (Å²) in [4.78, 5) is 35.6. The maximum absolute atomic E-state index is 12.4. The van der Waals surface area contributed by atoms with E-state index in [4.69, 9.17) is 4.74 Å². The van der Waals surface area contributed by atoms with Crippen LogP contribution in [0, 0.1) is 0 Å². The summed E-state index contributed by atoms with van der Waals surface area (Å²) in [6.45, 7) is 1.54. The molecular formula is C20H18N2O4. The van der Waals surface area contributed by atoms with Crippen LogP contribution in [0.3, 0.4) is 0 Å². The quantitative estimate of drug-likeness (QED) is 0.566. The molecule has 0 aliphatic carbocycles. The largest absolute Gasteiger partial charge is 0.465 e. The Labute approximate surface area is 150 Å². The topological polar surface area (TPSA) is 77.4 Å². The normalized spacial score (nSPS) is 10.5. The van der Waals surface area contributed by atoms with E-state index in [1.54, 1.807) is 35.0 Å². The van der Waals surface area contributed by atoms with Gasteiger partial charge in [0, 0.05) is 28.4 Å². The van der Waals surface area contributed by atoms with Gasteiger partial charge >= 0.3 is 5.97 Å². The van der Waals surface area contributed by atoms with E-state index >= 15 is 0 Å². The van der Waals surface area contributed by atoms with Crippen molar-refractivity contribution in [1.82, 2.24) is 4.57 Å². The highest BCUT2D eigenvalue weighted by molar-refractivity contribution is 6.05. The van der Waals surface area contributed by atoms with Crippen LogP contribution in [0.15, 0.2) is 54.7 Å². The molecule has 0 spiro atoms. The second-order valence-corrected chi connectivity index (χ2v) is 5.86. The zero-order valence-electron chi connectivity index (χ0n) is 14.5. The van der Waals surface area contributed by atoms with Gasteiger partial charge in [-0.05, 0) is 37.3 Å². The van der Waals surface area contributed by atoms with Gasteiger partial charge in [-0.25, -0.2) is 4.79 Å². The number of methoxy groups -OCH3 is 1. The summed E-state index contributed by atoms with van der Waals surface area (Å²) in [6, 6.07) is 14.0. The SMILES string of the molecule is COC(=O)c1cn(CC(=O)Nc2ccc(C(C)=O)cc2)c2ccccc12. The standard InChI is InChI=1S/C20H18N2O4/c1-13(23)14-7-9-15(10-8-14)21-19(24)12-22-11-17(20(25)26-2)16-5-3-4-6-18(16)22/h3-11H,12H2,1-2H3,(H,21,24). The number of anilines is 1. The number of carbonyl (C=O) groups is 3. The molecule has 0 radical (unpaired) electrons. The summed E-state index contributed by atoms with van der Waals surface area (Å²) >= 11 is 0. The molecule has 6 nitrogen and oxygen atoms in total. The highest BCUT2D eigenvalue weighted by atomic mass is 16.5. The van der Waals surface area contributed by atoms with Gasteiger partial charge < -0.3 is 14.6 Å². The molecule has 0 fully saturated rings. The van der Waals surface area contributed by atoms with E-state index in [1.807, 2.05) is 24.3 Å². The highest BCUT2D eigenvalue weighted by Crippen LogP contribution is 2.22. The molecule has 2 aromatic carbocycles. The zero-order chi connectivity index (χ0) is 18.7. The number of carbonyl (C=O) groups excluding carboxylic acids is 3. The minimum Gasteiger partial charge on any atom is -0.465 e. The molecule has 132 valence electrons. The summed E-state index contributed by atoms with van der Waals surface area (Å²) < 4.78 is 6.52. The predicted octanol–water partition coefficient (Wildman–Crippen LogP) is 3.27. The molecule has 6 heteroatoms. The van der Waals surface area contributed by atoms with Gasteiger partial charge in [-0.3, -0.25) is 9.59 Å². The van der Waals surface area contributed by atoms with Crippen LogP contribution in [0.2, 0.25) is 0 Å². The molecule has 1 heterocycles. The van der Waals surface area contributed by atoms with Crippen molar-refractivity contribution in [3.63, 3.8) is 0 Å². The Bertz CT molecular complexity index is 987. The van der Waals surface area contributed by atoms with E-state index < -0.39 is 5.97 Å². The minimum absolute atomic E-state index is 0.0305. The van der Waals surface area contributed by atoms with Crippen LogP contribution in [0.5, 0.6) is 0 Å². The highest BCUT2D eigenvalue weighted by Gasteiger charge is 2.16. The van der Waals surface area contributed by atoms with Crippen LogP contribution in [0.1, 0.15) is 27.6 Å². The number of hydrogen-bond donors (Lipinski definition) is 1. The Balaban J connectivity index is 1.81. The van der Waals surface area contributed by atoms with E-state index in [9.17, 15) is 14.4 Å². The fraction of sp³-hybridized carbons (Fsp3) is 0.150. The number of benzene rings is 2. The van der Waals surface area contributed by atoms with E-state index in [1.165, 1.54) is 14.0 Å². The van der Waals surface area contributed by atoms with Crippen LogP contribution in [-0.4, -0.2) is 29.3 Å². The molecule has 1 amide bonds. The molecule has 0 bridgehead atoms. The number of ether oxygens (including phenoxy) is 1. The lowest BCUT2D eigenvalue weighted by Gasteiger charge is -2.08. The van der Waals surface area contributed by atoms with Crippen LogP contribution < -0.4 is 5.32 Å². The molecule has 1 aromatic heterocycles. The van der Waals surface area contributed by atoms with Gasteiger partial charge in [0.25, 0.3) is 0 Å². The Kier molecular flexibility index (Phi) is 4.84. The fourth-order valence-electron chi connectivity index (χ4n) is 2.79. The van der Waals surface area contributed by atoms with E-state index in [0.29, 0.717) is 16.8 Å². The molecule has 0 aliphatic rings. The van der Waals surface area contributed by atoms with E-state index in [-0.39, 0.29) is 18.2 Å². The first kappa shape index (κ1) is 17.4. The van der Waals surface area contributed by atoms with Crippen LogP contribution in [0.4, 0.5) is 5.69 Å². The lowest BCUT2D eigenvalue weighted by molar-refractivity contribution is -0.116. The van der Waals surface area contributed by atoms with Gasteiger partial charge in [0.15, 0.2) is 5.78 Å². The van der Waals surface area contributed by atoms with Crippen LogP contribution in [-0.2, 0) is 16.1 Å².